The van der Waals surface area contributed by atoms with Crippen molar-refractivity contribution >= 4 is 78.2 Å². The van der Waals surface area contributed by atoms with Crippen LogP contribution in [0.2, 0.25) is 10.3 Å². The van der Waals surface area contributed by atoms with Gasteiger partial charge in [-0.2, -0.15) is 0 Å². The van der Waals surface area contributed by atoms with E-state index in [0.29, 0.717) is 23.1 Å². The Balaban J connectivity index is 0.000000168. The van der Waals surface area contributed by atoms with E-state index < -0.39 is 5.97 Å². The number of carboxylic acid groups (broad SMARTS) is 1. The number of halogens is 2. The lowest BCUT2D eigenvalue weighted by Crippen LogP contribution is -2.46. The van der Waals surface area contributed by atoms with Gasteiger partial charge in [-0.15, -0.1) is 22.7 Å². The largest absolute Gasteiger partial charge is 0.481 e. The number of aryl methyl sites for hydroxylation is 2. The Hall–Kier alpha value is -2.40. The second-order valence-corrected chi connectivity index (χ2v) is 13.7. The fourth-order valence-corrected chi connectivity index (χ4v) is 9.02. The van der Waals surface area contributed by atoms with Crippen molar-refractivity contribution in [1.29, 1.82) is 0 Å². The van der Waals surface area contributed by atoms with E-state index in [1.54, 1.807) is 11.3 Å². The summed E-state index contributed by atoms with van der Waals surface area (Å²) in [5.41, 5.74) is 2.40. The molecule has 2 aliphatic rings. The van der Waals surface area contributed by atoms with Crippen LogP contribution in [0.5, 0.6) is 0 Å². The van der Waals surface area contributed by atoms with Crippen LogP contribution in [0.3, 0.4) is 0 Å². The first-order valence-electron chi connectivity index (χ1n) is 13.4. The van der Waals surface area contributed by atoms with Crippen LogP contribution in [0.25, 0.3) is 20.4 Å². The maximum Gasteiger partial charge on any atom is 0.306 e. The molecular weight excluding hydrogens is 589 g/mol. The molecule has 0 bridgehead atoms. The van der Waals surface area contributed by atoms with E-state index >= 15 is 0 Å². The summed E-state index contributed by atoms with van der Waals surface area (Å²) in [6, 6.07) is 0.457. The highest BCUT2D eigenvalue weighted by Crippen LogP contribution is 2.41. The average molecular weight is 621 g/mol. The summed E-state index contributed by atoms with van der Waals surface area (Å²) in [6.07, 6.45) is 7.50. The molecular formula is C28H31Cl2N5O3S2. The Bertz CT molecular complexity index is 1580. The van der Waals surface area contributed by atoms with Gasteiger partial charge in [0.1, 0.15) is 32.6 Å². The number of nitrogens with zero attached hydrogens (tertiary/aromatic N) is 5. The second kappa shape index (κ2) is 11.8. The molecule has 2 atom stereocenters. The fraction of sp³-hybridized carbons (Fsp3) is 0.500. The smallest absolute Gasteiger partial charge is 0.306 e. The molecule has 212 valence electrons. The number of thiophene rings is 2. The summed E-state index contributed by atoms with van der Waals surface area (Å²) in [6.45, 7) is 8.34. The number of fused-ring (bicyclic) bond motifs is 6. The lowest BCUT2D eigenvalue weighted by atomic mass is 9.86. The van der Waals surface area contributed by atoms with E-state index in [4.69, 9.17) is 28.3 Å². The van der Waals surface area contributed by atoms with Crippen molar-refractivity contribution in [3.63, 3.8) is 0 Å². The van der Waals surface area contributed by atoms with Crippen LogP contribution in [-0.4, -0.2) is 53.9 Å². The number of carbonyl (C=O) groups is 2. The minimum atomic E-state index is -0.717. The van der Waals surface area contributed by atoms with Gasteiger partial charge in [0.25, 0.3) is 0 Å². The predicted octanol–water partition coefficient (Wildman–Crippen LogP) is 6.63. The van der Waals surface area contributed by atoms with Crippen molar-refractivity contribution in [3.8, 4) is 0 Å². The maximum absolute atomic E-state index is 12.9. The topological polar surface area (TPSA) is 109 Å². The molecule has 0 aliphatic heterocycles. The average Bonchev–Trinajstić information content (AvgIpc) is 3.47. The first kappa shape index (κ1) is 29.1. The van der Waals surface area contributed by atoms with Crippen LogP contribution in [0, 0.1) is 11.8 Å². The van der Waals surface area contributed by atoms with Gasteiger partial charge in [-0.25, -0.2) is 19.9 Å². The summed E-state index contributed by atoms with van der Waals surface area (Å²) >= 11 is 15.5. The molecule has 4 aromatic heterocycles. The molecule has 0 unspecified atom stereocenters. The Kier molecular flexibility index (Phi) is 8.61. The first-order valence-corrected chi connectivity index (χ1v) is 15.8. The molecule has 0 fully saturated rings. The van der Waals surface area contributed by atoms with Crippen molar-refractivity contribution in [1.82, 2.24) is 24.8 Å². The van der Waals surface area contributed by atoms with Gasteiger partial charge in [-0.05, 0) is 77.3 Å². The lowest BCUT2D eigenvalue weighted by molar-refractivity contribution is -0.142. The van der Waals surface area contributed by atoms with E-state index in [9.17, 15) is 9.59 Å². The number of carboxylic acids is 1. The molecule has 1 N–H and O–H groups in total. The number of aromatic nitrogens is 4. The van der Waals surface area contributed by atoms with Crippen LogP contribution in [0.4, 0.5) is 0 Å². The van der Waals surface area contributed by atoms with E-state index in [-0.39, 0.29) is 29.8 Å². The van der Waals surface area contributed by atoms with Gasteiger partial charge < -0.3 is 10.0 Å². The molecule has 4 heterocycles. The van der Waals surface area contributed by atoms with Crippen LogP contribution >= 0.6 is 45.9 Å². The summed E-state index contributed by atoms with van der Waals surface area (Å²) in [5.74, 6) is -0.657. The van der Waals surface area contributed by atoms with E-state index in [2.05, 4.69) is 47.6 Å². The Morgan fingerprint density at radius 1 is 0.825 bits per heavy atom. The molecule has 6 rings (SSSR count). The molecule has 4 aromatic rings. The van der Waals surface area contributed by atoms with Gasteiger partial charge in [-0.1, -0.05) is 23.2 Å². The van der Waals surface area contributed by atoms with E-state index in [1.165, 1.54) is 34.4 Å². The van der Waals surface area contributed by atoms with Gasteiger partial charge in [0.15, 0.2) is 0 Å². The van der Waals surface area contributed by atoms with Gasteiger partial charge in [0.05, 0.1) is 16.7 Å². The van der Waals surface area contributed by atoms with Gasteiger partial charge >= 0.3 is 5.97 Å². The lowest BCUT2D eigenvalue weighted by Gasteiger charge is -2.35. The highest BCUT2D eigenvalue weighted by Gasteiger charge is 2.33. The van der Waals surface area contributed by atoms with Gasteiger partial charge in [-0.3, -0.25) is 9.59 Å². The van der Waals surface area contributed by atoms with Crippen molar-refractivity contribution in [2.75, 3.05) is 0 Å². The van der Waals surface area contributed by atoms with Crippen LogP contribution in [0.15, 0.2) is 12.7 Å². The van der Waals surface area contributed by atoms with Crippen molar-refractivity contribution < 1.29 is 14.7 Å². The summed E-state index contributed by atoms with van der Waals surface area (Å²) < 4.78 is 0. The summed E-state index contributed by atoms with van der Waals surface area (Å²) in [4.78, 5) is 46.7. The quantitative estimate of drug-likeness (QED) is 0.255. The third kappa shape index (κ3) is 5.55. The maximum atomic E-state index is 12.9. The third-order valence-corrected chi connectivity index (χ3v) is 10.6. The number of hydrogen-bond acceptors (Lipinski definition) is 8. The fourth-order valence-electron chi connectivity index (χ4n) is 5.88. The Labute approximate surface area is 250 Å². The number of carbonyl (C=O) groups excluding carboxylic acids is 1. The minimum absolute atomic E-state index is 0.0621. The molecule has 0 saturated carbocycles. The normalized spacial score (nSPS) is 18.4. The third-order valence-electron chi connectivity index (χ3n) is 7.66. The molecule has 0 aromatic carbocycles. The molecule has 2 aliphatic carbocycles. The molecule has 0 radical (unpaired) electrons. The molecule has 0 spiro atoms. The van der Waals surface area contributed by atoms with Crippen molar-refractivity contribution in [2.45, 2.75) is 78.3 Å². The molecule has 8 nitrogen and oxygen atoms in total. The van der Waals surface area contributed by atoms with Gasteiger partial charge in [0.2, 0.25) is 5.91 Å². The Morgan fingerprint density at radius 3 is 1.73 bits per heavy atom. The summed E-state index contributed by atoms with van der Waals surface area (Å²) in [7, 11) is 0. The highest BCUT2D eigenvalue weighted by atomic mass is 35.5. The Morgan fingerprint density at radius 2 is 1.27 bits per heavy atom. The number of hydrogen-bond donors (Lipinski definition) is 1. The zero-order chi connectivity index (χ0) is 28.7. The van der Waals surface area contributed by atoms with Gasteiger partial charge in [0, 0.05) is 27.8 Å². The molecule has 0 saturated heterocycles. The van der Waals surface area contributed by atoms with Crippen LogP contribution < -0.4 is 0 Å². The predicted molar refractivity (Wildman–Crippen MR) is 161 cm³/mol. The van der Waals surface area contributed by atoms with Crippen LogP contribution in [-0.2, 0) is 35.3 Å². The molecule has 1 amide bonds. The standard InChI is InChI=1S/C17H22ClN3OS.C11H9ClN2O2S/c1-9(2)21(10(3)4)17(22)11-5-6-12-13(7-11)23-16-14(12)15(18)19-8-20-16;12-9-8-6-2-1-5(11(15)16)3-7(6)17-10(8)14-4-13-9/h8-11H,5-7H2,1-4H3;4-5H,1-3H2,(H,15,16)/t11-;5-/m00/s1. The molecule has 12 heteroatoms. The van der Waals surface area contributed by atoms with Crippen LogP contribution in [0.1, 0.15) is 61.4 Å². The zero-order valence-electron chi connectivity index (χ0n) is 22.8. The number of amides is 1. The monoisotopic (exact) mass is 619 g/mol. The van der Waals surface area contributed by atoms with E-state index in [1.807, 2.05) is 4.90 Å². The number of aliphatic carboxylic acids is 1. The van der Waals surface area contributed by atoms with E-state index in [0.717, 1.165) is 56.6 Å². The minimum Gasteiger partial charge on any atom is -0.481 e. The molecule has 40 heavy (non-hydrogen) atoms. The number of rotatable bonds is 4. The van der Waals surface area contributed by atoms with Crippen molar-refractivity contribution in [2.24, 2.45) is 11.8 Å². The first-order chi connectivity index (χ1) is 19.1. The second-order valence-electron chi connectivity index (χ2n) is 10.8. The summed E-state index contributed by atoms with van der Waals surface area (Å²) in [5, 5.41) is 12.0. The zero-order valence-corrected chi connectivity index (χ0v) is 25.9. The SMILES string of the molecule is CC(C)N(C(=O)[C@H]1CCc2c(sc3ncnc(Cl)c23)C1)C(C)C.O=C(O)[C@H]1CCc2c(sc3ncnc(Cl)c23)C1. The van der Waals surface area contributed by atoms with Crippen molar-refractivity contribution in [3.05, 3.63) is 43.8 Å². The highest BCUT2D eigenvalue weighted by molar-refractivity contribution is 7.19.